The van der Waals surface area contributed by atoms with Gasteiger partial charge in [0.25, 0.3) is 0 Å². The Labute approximate surface area is 303 Å². The maximum atomic E-state index is 12.6. The Morgan fingerprint density at radius 1 is 0.667 bits per heavy atom. The summed E-state index contributed by atoms with van der Waals surface area (Å²) in [6.45, 7) is 4.31. The smallest absolute Gasteiger partial charge is 0.308 e. The lowest BCUT2D eigenvalue weighted by molar-refractivity contribution is -0.335. The number of benzene rings is 3. The van der Waals surface area contributed by atoms with E-state index in [1.165, 1.54) is 39.7 Å². The summed E-state index contributed by atoms with van der Waals surface area (Å²) in [4.78, 5) is 24.7. The van der Waals surface area contributed by atoms with E-state index in [9.17, 15) is 9.59 Å². The van der Waals surface area contributed by atoms with Gasteiger partial charge in [-0.15, -0.1) is 0 Å². The highest BCUT2D eigenvalue weighted by atomic mass is 16.7. The molecule has 278 valence electrons. The molecule has 6 atom stereocenters. The third-order valence-electron chi connectivity index (χ3n) is 8.98. The molecule has 9 nitrogen and oxygen atoms in total. The molecule has 1 heterocycles. The molecule has 1 saturated heterocycles. The van der Waals surface area contributed by atoms with Crippen LogP contribution in [0.4, 0.5) is 0 Å². The van der Waals surface area contributed by atoms with Crippen LogP contribution in [0.2, 0.25) is 0 Å². The minimum Gasteiger partial charge on any atom is -0.469 e. The summed E-state index contributed by atoms with van der Waals surface area (Å²) in [5, 5.41) is 0. The highest BCUT2D eigenvalue weighted by molar-refractivity contribution is 5.69. The molecule has 0 aromatic heterocycles. The summed E-state index contributed by atoms with van der Waals surface area (Å²) in [6.07, 6.45) is 4.28. The zero-order chi connectivity index (χ0) is 36.1. The molecule has 9 heteroatoms. The first-order chi connectivity index (χ1) is 25.0. The first-order valence-electron chi connectivity index (χ1n) is 18.4. The fourth-order valence-electron chi connectivity index (χ4n) is 6.20. The van der Waals surface area contributed by atoms with E-state index in [1.807, 2.05) is 91.0 Å². The van der Waals surface area contributed by atoms with Crippen LogP contribution >= 0.6 is 0 Å². The standard InChI is InChI=1S/C42H56O9/c1-4-5-6-7-8-9-19-26-36(27-38(44)45-3)50-42-41(49-30-35-24-17-12-18-25-35)40(48-29-34-22-15-11-16-23-34)39(37(51-42)31-46-32(2)43)47-28-33-20-13-10-14-21-33/h10-18,20-25,36-37,39-42H,4-9,19,26-31H2,1-3H3/t36-,37-,39+,40+,41-,42+/m1/s1. The number of ether oxygens (including phenoxy) is 7. The Kier molecular flexibility index (Phi) is 18.2. The Hall–Kier alpha value is -3.60. The average Bonchev–Trinajstić information content (AvgIpc) is 3.15. The van der Waals surface area contributed by atoms with Gasteiger partial charge in [-0.25, -0.2) is 0 Å². The minimum atomic E-state index is -0.967. The van der Waals surface area contributed by atoms with Gasteiger partial charge in [-0.2, -0.15) is 0 Å². The van der Waals surface area contributed by atoms with Crippen molar-refractivity contribution < 1.29 is 42.7 Å². The van der Waals surface area contributed by atoms with Crippen LogP contribution in [-0.4, -0.2) is 62.5 Å². The number of carbonyl (C=O) groups excluding carboxylic acids is 2. The van der Waals surface area contributed by atoms with E-state index >= 15 is 0 Å². The molecule has 4 rings (SSSR count). The van der Waals surface area contributed by atoms with E-state index in [2.05, 4.69) is 6.92 Å². The average molecular weight is 705 g/mol. The van der Waals surface area contributed by atoms with E-state index in [1.54, 1.807) is 0 Å². The van der Waals surface area contributed by atoms with Crippen LogP contribution in [0.1, 0.15) is 88.3 Å². The van der Waals surface area contributed by atoms with E-state index in [0.717, 1.165) is 36.0 Å². The van der Waals surface area contributed by atoms with Crippen LogP contribution in [0.5, 0.6) is 0 Å². The summed E-state index contributed by atoms with van der Waals surface area (Å²) in [5.74, 6) is -0.803. The Morgan fingerprint density at radius 2 is 1.16 bits per heavy atom. The SMILES string of the molecule is CCCCCCCCC[C@H](CC(=O)OC)O[C@H]1O[C@H](COC(C)=O)[C@H](OCc2ccccc2)[C@H](OCc2ccccc2)[C@H]1OCc1ccccc1. The molecule has 1 aliphatic rings. The molecule has 3 aromatic rings. The monoisotopic (exact) mass is 704 g/mol. The first-order valence-corrected chi connectivity index (χ1v) is 18.4. The Bertz CT molecular complexity index is 1370. The molecule has 0 saturated carbocycles. The molecule has 0 spiro atoms. The lowest BCUT2D eigenvalue weighted by atomic mass is 9.97. The number of hydrogen-bond donors (Lipinski definition) is 0. The summed E-state index contributed by atoms with van der Waals surface area (Å²) in [5.41, 5.74) is 2.92. The minimum absolute atomic E-state index is 0.0652. The van der Waals surface area contributed by atoms with Gasteiger partial charge in [0.05, 0.1) is 39.5 Å². The molecule has 1 aliphatic heterocycles. The molecule has 0 unspecified atom stereocenters. The normalized spacial score (nSPS) is 20.8. The van der Waals surface area contributed by atoms with Crippen LogP contribution < -0.4 is 0 Å². The highest BCUT2D eigenvalue weighted by Gasteiger charge is 2.50. The predicted molar refractivity (Wildman–Crippen MR) is 194 cm³/mol. The third kappa shape index (κ3) is 14.5. The van der Waals surface area contributed by atoms with Crippen molar-refractivity contribution in [3.05, 3.63) is 108 Å². The molecule has 0 N–H and O–H groups in total. The van der Waals surface area contributed by atoms with Crippen molar-refractivity contribution in [2.24, 2.45) is 0 Å². The fourth-order valence-corrected chi connectivity index (χ4v) is 6.20. The van der Waals surface area contributed by atoms with Gasteiger partial charge in [-0.1, -0.05) is 143 Å². The van der Waals surface area contributed by atoms with E-state index in [-0.39, 0.29) is 38.8 Å². The number of esters is 2. The second-order valence-electron chi connectivity index (χ2n) is 13.1. The number of carbonyl (C=O) groups is 2. The van der Waals surface area contributed by atoms with Gasteiger partial charge in [0, 0.05) is 6.92 Å². The highest BCUT2D eigenvalue weighted by Crippen LogP contribution is 2.33. The quantitative estimate of drug-likeness (QED) is 0.0716. The topological polar surface area (TPSA) is 98.8 Å². The number of unbranched alkanes of at least 4 members (excludes halogenated alkanes) is 6. The molecule has 0 amide bonds. The van der Waals surface area contributed by atoms with Gasteiger partial charge in [0.1, 0.15) is 31.0 Å². The number of methoxy groups -OCH3 is 1. The van der Waals surface area contributed by atoms with Crippen LogP contribution in [0.25, 0.3) is 0 Å². The Morgan fingerprint density at radius 3 is 1.67 bits per heavy atom. The van der Waals surface area contributed by atoms with E-state index in [4.69, 9.17) is 33.2 Å². The number of rotatable bonds is 23. The zero-order valence-electron chi connectivity index (χ0n) is 30.5. The summed E-state index contributed by atoms with van der Waals surface area (Å²) >= 11 is 0. The van der Waals surface area contributed by atoms with E-state index in [0.29, 0.717) is 6.42 Å². The Balaban J connectivity index is 1.64. The summed E-state index contributed by atoms with van der Waals surface area (Å²) < 4.78 is 44.0. The first kappa shape index (κ1) is 40.2. The van der Waals surface area contributed by atoms with Crippen molar-refractivity contribution in [2.45, 2.75) is 128 Å². The van der Waals surface area contributed by atoms with Crippen LogP contribution in [0.3, 0.4) is 0 Å². The zero-order valence-corrected chi connectivity index (χ0v) is 30.5. The molecular weight excluding hydrogens is 648 g/mol. The van der Waals surface area contributed by atoms with Crippen LogP contribution in [0, 0.1) is 0 Å². The van der Waals surface area contributed by atoms with Crippen molar-refractivity contribution in [3.8, 4) is 0 Å². The van der Waals surface area contributed by atoms with Crippen molar-refractivity contribution in [3.63, 3.8) is 0 Å². The van der Waals surface area contributed by atoms with Gasteiger partial charge in [0.15, 0.2) is 6.29 Å². The molecule has 0 aliphatic carbocycles. The molecule has 0 radical (unpaired) electrons. The number of hydrogen-bond acceptors (Lipinski definition) is 9. The third-order valence-corrected chi connectivity index (χ3v) is 8.98. The summed E-state index contributed by atoms with van der Waals surface area (Å²) in [7, 11) is 1.38. The molecule has 3 aromatic carbocycles. The molecular formula is C42H56O9. The van der Waals surface area contributed by atoms with Crippen molar-refractivity contribution >= 4 is 11.9 Å². The second-order valence-corrected chi connectivity index (χ2v) is 13.1. The second kappa shape index (κ2) is 23.1. The predicted octanol–water partition coefficient (Wildman–Crippen LogP) is 8.12. The van der Waals surface area contributed by atoms with Gasteiger partial charge in [0.2, 0.25) is 0 Å². The van der Waals surface area contributed by atoms with Gasteiger partial charge >= 0.3 is 11.9 Å². The van der Waals surface area contributed by atoms with Crippen molar-refractivity contribution in [1.82, 2.24) is 0 Å². The lowest BCUT2D eigenvalue weighted by Crippen LogP contribution is -2.62. The van der Waals surface area contributed by atoms with E-state index < -0.39 is 42.8 Å². The molecule has 51 heavy (non-hydrogen) atoms. The molecule has 1 fully saturated rings. The maximum Gasteiger partial charge on any atom is 0.308 e. The summed E-state index contributed by atoms with van der Waals surface area (Å²) in [6, 6.07) is 29.6. The largest absolute Gasteiger partial charge is 0.469 e. The van der Waals surface area contributed by atoms with Gasteiger partial charge in [-0.3, -0.25) is 9.59 Å². The lowest BCUT2D eigenvalue weighted by Gasteiger charge is -2.46. The fraction of sp³-hybridized carbons (Fsp3) is 0.524. The van der Waals surface area contributed by atoms with Gasteiger partial charge < -0.3 is 33.2 Å². The van der Waals surface area contributed by atoms with Crippen LogP contribution in [-0.2, 0) is 62.6 Å². The van der Waals surface area contributed by atoms with Gasteiger partial charge in [-0.05, 0) is 23.1 Å². The van der Waals surface area contributed by atoms with Crippen molar-refractivity contribution in [2.75, 3.05) is 13.7 Å². The molecule has 0 bridgehead atoms. The van der Waals surface area contributed by atoms with Crippen molar-refractivity contribution in [1.29, 1.82) is 0 Å². The van der Waals surface area contributed by atoms with Crippen LogP contribution in [0.15, 0.2) is 91.0 Å². The maximum absolute atomic E-state index is 12.6.